The zero-order chi connectivity index (χ0) is 22.0. The zero-order valence-corrected chi connectivity index (χ0v) is 17.9. The van der Waals surface area contributed by atoms with Gasteiger partial charge in [-0.1, -0.05) is 24.3 Å². The van der Waals surface area contributed by atoms with E-state index in [-0.39, 0.29) is 5.91 Å². The number of carbonyl (C=O) groups excluding carboxylic acids is 1. The summed E-state index contributed by atoms with van der Waals surface area (Å²) in [7, 11) is 1.58. The van der Waals surface area contributed by atoms with Crippen LogP contribution in [-0.4, -0.2) is 33.9 Å². The number of para-hydroxylation sites is 1. The van der Waals surface area contributed by atoms with Gasteiger partial charge in [-0.15, -0.1) is 0 Å². The maximum absolute atomic E-state index is 12.6. The molecule has 0 fully saturated rings. The first-order valence-electron chi connectivity index (χ1n) is 10.00. The fourth-order valence-corrected chi connectivity index (χ4v) is 3.46. The lowest BCUT2D eigenvalue weighted by molar-refractivity contribution is -0.122. The molecule has 31 heavy (non-hydrogen) atoms. The SMILES string of the molecule is COc1cccc(NC(=O)[C@H](C)Oc2cc(C)c3c(C)nn(-c4ccccc4)c3n2)c1. The molecule has 0 aliphatic heterocycles. The van der Waals surface area contributed by atoms with Gasteiger partial charge in [0.2, 0.25) is 5.88 Å². The van der Waals surface area contributed by atoms with Crippen molar-refractivity contribution < 1.29 is 14.3 Å². The average Bonchev–Trinajstić information content (AvgIpc) is 3.11. The number of rotatable bonds is 6. The number of hydrogen-bond donors (Lipinski definition) is 1. The predicted molar refractivity (Wildman–Crippen MR) is 120 cm³/mol. The van der Waals surface area contributed by atoms with E-state index in [0.717, 1.165) is 22.3 Å². The molecule has 0 radical (unpaired) electrons. The zero-order valence-electron chi connectivity index (χ0n) is 17.9. The lowest BCUT2D eigenvalue weighted by Gasteiger charge is -2.15. The number of methoxy groups -OCH3 is 1. The van der Waals surface area contributed by atoms with Gasteiger partial charge in [0.15, 0.2) is 11.8 Å². The third-order valence-corrected chi connectivity index (χ3v) is 4.99. The average molecular weight is 416 g/mol. The van der Waals surface area contributed by atoms with Crippen LogP contribution in [0.2, 0.25) is 0 Å². The van der Waals surface area contributed by atoms with Crippen molar-refractivity contribution >= 4 is 22.6 Å². The molecule has 0 unspecified atom stereocenters. The van der Waals surface area contributed by atoms with Crippen molar-refractivity contribution in [3.63, 3.8) is 0 Å². The van der Waals surface area contributed by atoms with E-state index >= 15 is 0 Å². The van der Waals surface area contributed by atoms with Crippen LogP contribution in [0.25, 0.3) is 16.7 Å². The van der Waals surface area contributed by atoms with E-state index in [1.165, 1.54) is 0 Å². The normalized spacial score (nSPS) is 11.9. The molecule has 158 valence electrons. The highest BCUT2D eigenvalue weighted by Gasteiger charge is 2.19. The quantitative estimate of drug-likeness (QED) is 0.502. The molecule has 2 heterocycles. The number of fused-ring (bicyclic) bond motifs is 1. The van der Waals surface area contributed by atoms with E-state index in [2.05, 4.69) is 15.4 Å². The lowest BCUT2D eigenvalue weighted by Crippen LogP contribution is -2.30. The second kappa shape index (κ2) is 8.47. The maximum atomic E-state index is 12.6. The third-order valence-electron chi connectivity index (χ3n) is 4.99. The summed E-state index contributed by atoms with van der Waals surface area (Å²) >= 11 is 0. The maximum Gasteiger partial charge on any atom is 0.265 e. The van der Waals surface area contributed by atoms with E-state index in [1.807, 2.05) is 62.4 Å². The standard InChI is InChI=1S/C24H24N4O3/c1-15-13-21(31-17(3)24(29)25-18-9-8-12-20(14-18)30-4)26-23-22(15)16(2)27-28(23)19-10-6-5-7-11-19/h5-14,17H,1-4H3,(H,25,29)/t17-/m0/s1. The van der Waals surface area contributed by atoms with Gasteiger partial charge in [0.1, 0.15) is 5.75 Å². The number of anilines is 1. The van der Waals surface area contributed by atoms with Gasteiger partial charge in [0.05, 0.1) is 18.5 Å². The van der Waals surface area contributed by atoms with E-state index in [0.29, 0.717) is 23.0 Å². The number of benzene rings is 2. The highest BCUT2D eigenvalue weighted by atomic mass is 16.5. The van der Waals surface area contributed by atoms with Crippen LogP contribution in [0.5, 0.6) is 11.6 Å². The molecule has 7 nitrogen and oxygen atoms in total. The van der Waals surface area contributed by atoms with Crippen molar-refractivity contribution in [2.75, 3.05) is 12.4 Å². The molecule has 0 bridgehead atoms. The molecule has 7 heteroatoms. The molecule has 1 amide bonds. The fourth-order valence-electron chi connectivity index (χ4n) is 3.46. The van der Waals surface area contributed by atoms with Crippen LogP contribution in [0.1, 0.15) is 18.2 Å². The first kappa shape index (κ1) is 20.4. The van der Waals surface area contributed by atoms with Gasteiger partial charge in [-0.05, 0) is 50.6 Å². The largest absolute Gasteiger partial charge is 0.497 e. The summed E-state index contributed by atoms with van der Waals surface area (Å²) in [6.07, 6.45) is -0.746. The Hall–Kier alpha value is -3.87. The summed E-state index contributed by atoms with van der Waals surface area (Å²) in [6, 6.07) is 18.8. The molecule has 4 aromatic rings. The van der Waals surface area contributed by atoms with Gasteiger partial charge >= 0.3 is 0 Å². The number of nitrogens with zero attached hydrogens (tertiary/aromatic N) is 3. The molecule has 0 aliphatic carbocycles. The van der Waals surface area contributed by atoms with E-state index in [4.69, 9.17) is 9.47 Å². The van der Waals surface area contributed by atoms with Gasteiger partial charge in [0.25, 0.3) is 5.91 Å². The van der Waals surface area contributed by atoms with Crippen LogP contribution < -0.4 is 14.8 Å². The van der Waals surface area contributed by atoms with Gasteiger partial charge in [-0.2, -0.15) is 10.1 Å². The van der Waals surface area contributed by atoms with Crippen LogP contribution in [0, 0.1) is 13.8 Å². The molecule has 1 atom stereocenters. The number of carbonyl (C=O) groups is 1. The molecule has 1 N–H and O–H groups in total. The van der Waals surface area contributed by atoms with Gasteiger partial charge in [0, 0.05) is 23.2 Å². The monoisotopic (exact) mass is 416 g/mol. The third kappa shape index (κ3) is 4.21. The lowest BCUT2D eigenvalue weighted by atomic mass is 10.1. The van der Waals surface area contributed by atoms with Crippen molar-refractivity contribution in [3.05, 3.63) is 71.9 Å². The summed E-state index contributed by atoms with van der Waals surface area (Å²) in [6.45, 7) is 5.64. The Bertz CT molecular complexity index is 1230. The van der Waals surface area contributed by atoms with Crippen molar-refractivity contribution in [2.24, 2.45) is 0 Å². The fraction of sp³-hybridized carbons (Fsp3) is 0.208. The Morgan fingerprint density at radius 1 is 1.06 bits per heavy atom. The molecule has 0 aliphatic rings. The van der Waals surface area contributed by atoms with Gasteiger partial charge < -0.3 is 14.8 Å². The molecule has 0 spiro atoms. The molecular formula is C24H24N4O3. The van der Waals surface area contributed by atoms with Gasteiger partial charge in [-0.25, -0.2) is 4.68 Å². The summed E-state index contributed by atoms with van der Waals surface area (Å²) in [4.78, 5) is 17.3. The highest BCUT2D eigenvalue weighted by molar-refractivity contribution is 5.94. The number of aromatic nitrogens is 3. The first-order valence-corrected chi connectivity index (χ1v) is 10.00. The van der Waals surface area contributed by atoms with Crippen LogP contribution in [0.15, 0.2) is 60.7 Å². The molecule has 0 saturated heterocycles. The minimum absolute atomic E-state index is 0.277. The Kier molecular flexibility index (Phi) is 5.58. The first-order chi connectivity index (χ1) is 15.0. The van der Waals surface area contributed by atoms with Crippen molar-refractivity contribution in [1.82, 2.24) is 14.8 Å². The molecule has 0 saturated carbocycles. The van der Waals surface area contributed by atoms with Crippen LogP contribution in [0.3, 0.4) is 0 Å². The summed E-state index contributed by atoms with van der Waals surface area (Å²) < 4.78 is 12.9. The van der Waals surface area contributed by atoms with E-state index in [1.54, 1.807) is 30.8 Å². The Labute approximate surface area is 180 Å². The predicted octanol–water partition coefficient (Wildman–Crippen LogP) is 4.45. The van der Waals surface area contributed by atoms with Crippen LogP contribution in [-0.2, 0) is 4.79 Å². The number of pyridine rings is 1. The Morgan fingerprint density at radius 3 is 2.58 bits per heavy atom. The summed E-state index contributed by atoms with van der Waals surface area (Å²) in [5.74, 6) is 0.759. The summed E-state index contributed by atoms with van der Waals surface area (Å²) in [5, 5.41) is 8.47. The Morgan fingerprint density at radius 2 is 1.84 bits per heavy atom. The number of aryl methyl sites for hydroxylation is 2. The van der Waals surface area contributed by atoms with E-state index in [9.17, 15) is 4.79 Å². The summed E-state index contributed by atoms with van der Waals surface area (Å²) in [5.41, 5.74) is 4.11. The Balaban J connectivity index is 1.60. The topological polar surface area (TPSA) is 78.3 Å². The molecule has 2 aromatic carbocycles. The highest BCUT2D eigenvalue weighted by Crippen LogP contribution is 2.27. The van der Waals surface area contributed by atoms with Gasteiger partial charge in [-0.3, -0.25) is 4.79 Å². The number of ether oxygens (including phenoxy) is 2. The number of hydrogen-bond acceptors (Lipinski definition) is 5. The van der Waals surface area contributed by atoms with Crippen LogP contribution >= 0.6 is 0 Å². The molecule has 2 aromatic heterocycles. The minimum atomic E-state index is -0.746. The minimum Gasteiger partial charge on any atom is -0.497 e. The van der Waals surface area contributed by atoms with Crippen LogP contribution in [0.4, 0.5) is 5.69 Å². The molecular weight excluding hydrogens is 392 g/mol. The molecule has 4 rings (SSSR count). The second-order valence-corrected chi connectivity index (χ2v) is 7.29. The smallest absolute Gasteiger partial charge is 0.265 e. The van der Waals surface area contributed by atoms with Crippen molar-refractivity contribution in [2.45, 2.75) is 26.9 Å². The number of nitrogens with one attached hydrogen (secondary N) is 1. The van der Waals surface area contributed by atoms with Crippen molar-refractivity contribution in [1.29, 1.82) is 0 Å². The second-order valence-electron chi connectivity index (χ2n) is 7.29. The number of amides is 1. The van der Waals surface area contributed by atoms with E-state index < -0.39 is 6.10 Å². The van der Waals surface area contributed by atoms with Crippen molar-refractivity contribution in [3.8, 4) is 17.3 Å².